The van der Waals surface area contributed by atoms with Gasteiger partial charge in [0, 0.05) is 0 Å². The number of allylic oxidation sites excluding steroid dienone is 1. The van der Waals surface area contributed by atoms with Crippen LogP contribution in [0.2, 0.25) is 0 Å². The molecule has 0 aliphatic heterocycles. The Balaban J connectivity index is 4.05. The normalized spacial score (nSPS) is 11.3. The molecule has 0 bridgehead atoms. The van der Waals surface area contributed by atoms with Crippen LogP contribution in [0.5, 0.6) is 0 Å². The number of ether oxygens (including phenoxy) is 2. The van der Waals surface area contributed by atoms with E-state index >= 15 is 0 Å². The van der Waals surface area contributed by atoms with Crippen molar-refractivity contribution in [2.45, 2.75) is 46.5 Å². The highest BCUT2D eigenvalue weighted by Crippen LogP contribution is 2.06. The van der Waals surface area contributed by atoms with Gasteiger partial charge in [0.25, 0.3) is 0 Å². The van der Waals surface area contributed by atoms with E-state index in [0.29, 0.717) is 19.0 Å². The van der Waals surface area contributed by atoms with Crippen LogP contribution in [0.1, 0.15) is 46.5 Å². The molecule has 0 aliphatic carbocycles. The molecule has 3 nitrogen and oxygen atoms in total. The van der Waals surface area contributed by atoms with Crippen molar-refractivity contribution in [3.63, 3.8) is 0 Å². The Morgan fingerprint density at radius 2 is 1.73 bits per heavy atom. The Morgan fingerprint density at radius 3 is 2.27 bits per heavy atom. The van der Waals surface area contributed by atoms with Gasteiger partial charge in [-0.15, -0.1) is 0 Å². The molecule has 3 heteroatoms. The van der Waals surface area contributed by atoms with Gasteiger partial charge in [0.05, 0.1) is 13.2 Å². The number of hydrogen-bond acceptors (Lipinski definition) is 3. The average Bonchev–Trinajstić information content (AvgIpc) is 2.23. The van der Waals surface area contributed by atoms with Crippen LogP contribution in [0.3, 0.4) is 0 Å². The molecule has 0 saturated carbocycles. The highest BCUT2D eigenvalue weighted by atomic mass is 16.6. The molecule has 0 saturated heterocycles. The lowest BCUT2D eigenvalue weighted by molar-refractivity contribution is -0.142. The number of esters is 1. The van der Waals surface area contributed by atoms with Crippen LogP contribution in [-0.2, 0) is 14.3 Å². The Hall–Kier alpha value is -0.990. The first-order chi connectivity index (χ1) is 7.26. The summed E-state index contributed by atoms with van der Waals surface area (Å²) < 4.78 is 10.1. The van der Waals surface area contributed by atoms with Crippen molar-refractivity contribution in [1.29, 1.82) is 0 Å². The third-order valence-electron chi connectivity index (χ3n) is 1.91. The van der Waals surface area contributed by atoms with Crippen LogP contribution in [-0.4, -0.2) is 19.2 Å². The first kappa shape index (κ1) is 14.0. The minimum absolute atomic E-state index is 0.351. The second kappa shape index (κ2) is 9.56. The predicted molar refractivity (Wildman–Crippen MR) is 60.5 cm³/mol. The lowest BCUT2D eigenvalue weighted by atomic mass is 10.2. The topological polar surface area (TPSA) is 35.5 Å². The molecule has 0 aliphatic rings. The molecule has 0 aromatic rings. The number of carbonyl (C=O) groups excluding carboxylic acids is 1. The molecule has 0 atom stereocenters. The van der Waals surface area contributed by atoms with Crippen LogP contribution < -0.4 is 0 Å². The van der Waals surface area contributed by atoms with Gasteiger partial charge < -0.3 is 9.47 Å². The summed E-state index contributed by atoms with van der Waals surface area (Å²) in [4.78, 5) is 11.4. The third kappa shape index (κ3) is 7.00. The lowest BCUT2D eigenvalue weighted by Gasteiger charge is -2.07. The molecule has 0 N–H and O–H groups in total. The largest absolute Gasteiger partial charge is 0.487 e. The van der Waals surface area contributed by atoms with E-state index in [4.69, 9.17) is 9.47 Å². The molecule has 0 heterocycles. The van der Waals surface area contributed by atoms with Crippen LogP contribution >= 0.6 is 0 Å². The fourth-order valence-corrected chi connectivity index (χ4v) is 1.19. The molecule has 15 heavy (non-hydrogen) atoms. The monoisotopic (exact) mass is 214 g/mol. The molecule has 0 aromatic heterocycles. The maximum Gasteiger partial charge on any atom is 0.373 e. The zero-order valence-corrected chi connectivity index (χ0v) is 10.0. The predicted octanol–water partition coefficient (Wildman–Crippen LogP) is 3.05. The average molecular weight is 214 g/mol. The number of unbranched alkanes of at least 4 members (excludes halogenated alkanes) is 3. The van der Waals surface area contributed by atoms with Gasteiger partial charge in [-0.3, -0.25) is 0 Å². The smallest absolute Gasteiger partial charge is 0.373 e. The second-order valence-electron chi connectivity index (χ2n) is 3.22. The Kier molecular flexibility index (Phi) is 8.93. The first-order valence-electron chi connectivity index (χ1n) is 5.76. The standard InChI is InChI=1S/C12H22O3/c1-4-7-8-9-10-11(14-5-2)12(13)15-6-3/h10H,4-9H2,1-3H3/b11-10-. The summed E-state index contributed by atoms with van der Waals surface area (Å²) in [6, 6.07) is 0. The van der Waals surface area contributed by atoms with Gasteiger partial charge in [0.2, 0.25) is 5.76 Å². The summed E-state index contributed by atoms with van der Waals surface area (Å²) in [7, 11) is 0. The Labute approximate surface area is 92.5 Å². The molecule has 88 valence electrons. The molecule has 0 spiro atoms. The van der Waals surface area contributed by atoms with Gasteiger partial charge in [0.1, 0.15) is 0 Å². The van der Waals surface area contributed by atoms with Gasteiger partial charge in [0.15, 0.2) is 0 Å². The summed E-state index contributed by atoms with van der Waals surface area (Å²) in [5.74, 6) is 0.00583. The van der Waals surface area contributed by atoms with Gasteiger partial charge in [-0.1, -0.05) is 19.8 Å². The number of rotatable bonds is 8. The molecule has 0 rings (SSSR count). The molecule has 0 unspecified atom stereocenters. The summed E-state index contributed by atoms with van der Waals surface area (Å²) in [6.07, 6.45) is 6.15. The molecular formula is C12H22O3. The first-order valence-corrected chi connectivity index (χ1v) is 5.76. The zero-order chi connectivity index (χ0) is 11.5. The number of hydrogen-bond donors (Lipinski definition) is 0. The summed E-state index contributed by atoms with van der Waals surface area (Å²) in [5.41, 5.74) is 0. The van der Waals surface area contributed by atoms with Crippen molar-refractivity contribution in [1.82, 2.24) is 0 Å². The van der Waals surface area contributed by atoms with Crippen molar-refractivity contribution in [3.05, 3.63) is 11.8 Å². The molecular weight excluding hydrogens is 192 g/mol. The van der Waals surface area contributed by atoms with E-state index in [9.17, 15) is 4.79 Å². The van der Waals surface area contributed by atoms with Gasteiger partial charge >= 0.3 is 5.97 Å². The summed E-state index contributed by atoms with van der Waals surface area (Å²) >= 11 is 0. The van der Waals surface area contributed by atoms with E-state index in [1.807, 2.05) is 13.0 Å². The fourth-order valence-electron chi connectivity index (χ4n) is 1.19. The SMILES string of the molecule is CCCCC/C=C(\OCC)C(=O)OCC. The molecule has 0 radical (unpaired) electrons. The van der Waals surface area contributed by atoms with E-state index in [1.54, 1.807) is 6.92 Å². The van der Waals surface area contributed by atoms with Gasteiger partial charge in [-0.2, -0.15) is 0 Å². The zero-order valence-electron chi connectivity index (χ0n) is 10.0. The minimum atomic E-state index is -0.351. The number of carbonyl (C=O) groups is 1. The molecule has 0 aromatic carbocycles. The van der Waals surface area contributed by atoms with Crippen molar-refractivity contribution < 1.29 is 14.3 Å². The van der Waals surface area contributed by atoms with Crippen LogP contribution in [0.15, 0.2) is 11.8 Å². The fraction of sp³-hybridized carbons (Fsp3) is 0.750. The second-order valence-corrected chi connectivity index (χ2v) is 3.22. The van der Waals surface area contributed by atoms with Crippen molar-refractivity contribution in [2.75, 3.05) is 13.2 Å². The quantitative estimate of drug-likeness (QED) is 0.269. The van der Waals surface area contributed by atoms with E-state index in [-0.39, 0.29) is 5.97 Å². The van der Waals surface area contributed by atoms with E-state index in [0.717, 1.165) is 12.8 Å². The third-order valence-corrected chi connectivity index (χ3v) is 1.91. The van der Waals surface area contributed by atoms with Crippen LogP contribution in [0.4, 0.5) is 0 Å². The Bertz CT molecular complexity index is 197. The van der Waals surface area contributed by atoms with Crippen molar-refractivity contribution >= 4 is 5.97 Å². The van der Waals surface area contributed by atoms with E-state index < -0.39 is 0 Å². The summed E-state index contributed by atoms with van der Waals surface area (Å²) in [5, 5.41) is 0. The maximum absolute atomic E-state index is 11.4. The maximum atomic E-state index is 11.4. The summed E-state index contributed by atoms with van der Waals surface area (Å²) in [6.45, 7) is 6.69. The van der Waals surface area contributed by atoms with E-state index in [2.05, 4.69) is 6.92 Å². The van der Waals surface area contributed by atoms with Gasteiger partial charge in [-0.05, 0) is 32.8 Å². The van der Waals surface area contributed by atoms with Crippen molar-refractivity contribution in [2.24, 2.45) is 0 Å². The van der Waals surface area contributed by atoms with Crippen molar-refractivity contribution in [3.8, 4) is 0 Å². The van der Waals surface area contributed by atoms with Crippen LogP contribution in [0.25, 0.3) is 0 Å². The minimum Gasteiger partial charge on any atom is -0.487 e. The van der Waals surface area contributed by atoms with Crippen LogP contribution in [0, 0.1) is 0 Å². The Morgan fingerprint density at radius 1 is 1.07 bits per heavy atom. The molecule has 0 amide bonds. The molecule has 0 fully saturated rings. The van der Waals surface area contributed by atoms with Gasteiger partial charge in [-0.25, -0.2) is 4.79 Å². The highest BCUT2D eigenvalue weighted by Gasteiger charge is 2.10. The van der Waals surface area contributed by atoms with E-state index in [1.165, 1.54) is 12.8 Å². The lowest BCUT2D eigenvalue weighted by Crippen LogP contribution is -2.10. The highest BCUT2D eigenvalue weighted by molar-refractivity contribution is 5.86.